The first-order valence-electron chi connectivity index (χ1n) is 17.6. The fraction of sp³-hybridized carbons (Fsp3) is 0.366. The van der Waals surface area contributed by atoms with Crippen LogP contribution in [0.2, 0.25) is 0 Å². The largest absolute Gasteiger partial charge is 0.508 e. The molecule has 3 aromatic carbocycles. The molecule has 12 nitrogen and oxygen atoms in total. The molecule has 12 heteroatoms. The van der Waals surface area contributed by atoms with Crippen molar-refractivity contribution < 1.29 is 49.1 Å². The molecule has 0 aromatic heterocycles. The van der Waals surface area contributed by atoms with E-state index >= 15 is 0 Å². The highest BCUT2D eigenvalue weighted by Crippen LogP contribution is 2.54. The van der Waals surface area contributed by atoms with E-state index in [0.717, 1.165) is 11.1 Å². The molecule has 1 unspecified atom stereocenters. The summed E-state index contributed by atoms with van der Waals surface area (Å²) in [5.74, 6) is -7.28. The van der Waals surface area contributed by atoms with Gasteiger partial charge in [0.1, 0.15) is 28.6 Å². The molecule has 0 bridgehead atoms. The Kier molecular flexibility index (Phi) is 10.2. The molecule has 53 heavy (non-hydrogen) atoms. The van der Waals surface area contributed by atoms with E-state index in [9.17, 15) is 39.6 Å². The van der Waals surface area contributed by atoms with Crippen LogP contribution in [-0.2, 0) is 43.2 Å². The average molecular weight is 725 g/mol. The Balaban J connectivity index is 1.41. The summed E-state index contributed by atoms with van der Waals surface area (Å²) in [5, 5.41) is 45.9. The third-order valence-electron chi connectivity index (χ3n) is 10.9. The molecule has 6 rings (SSSR count). The predicted octanol–water partition coefficient (Wildman–Crippen LogP) is 3.99. The summed E-state index contributed by atoms with van der Waals surface area (Å²) in [6, 6.07) is 17.3. The number of phenolic OH excluding ortho intramolecular Hbond substituents is 1. The fourth-order valence-electron chi connectivity index (χ4n) is 8.42. The minimum atomic E-state index is -2.72. The minimum absolute atomic E-state index is 0.0171. The summed E-state index contributed by atoms with van der Waals surface area (Å²) in [4.78, 5) is 54.5. The standard InChI is InChI=1S/C41H44N2O10/c1-5-53-40(50)23(17-21-9-7-6-8-10-21)13-11-22-12-16-30(52-4)26(18-22)25-14-15-29(44)32-27(25)19-24-20-28-34(43(2)3)36(46)33(39(42)49)38(48)41(28,51)37(47)31(24)35(32)45/h6-10,12,14-16,18,23-24,28,34,44-45,48,51H,5,11,13,17,19-20H2,1-4H3,(H2,42,49)/t23?,24-,28-,34-,41-/m1/s1. The van der Waals surface area contributed by atoms with Crippen LogP contribution < -0.4 is 10.5 Å². The van der Waals surface area contributed by atoms with Gasteiger partial charge in [0.2, 0.25) is 5.78 Å². The number of aliphatic hydroxyl groups excluding tert-OH is 2. The summed E-state index contributed by atoms with van der Waals surface area (Å²) >= 11 is 0. The molecule has 5 atom stereocenters. The summed E-state index contributed by atoms with van der Waals surface area (Å²) in [7, 11) is 4.64. The zero-order valence-corrected chi connectivity index (χ0v) is 30.1. The van der Waals surface area contributed by atoms with Gasteiger partial charge in [-0.1, -0.05) is 42.5 Å². The molecule has 1 amide bonds. The van der Waals surface area contributed by atoms with Crippen molar-refractivity contribution in [1.29, 1.82) is 0 Å². The molecule has 3 aliphatic carbocycles. The maximum atomic E-state index is 14.3. The summed E-state index contributed by atoms with van der Waals surface area (Å²) in [5.41, 5.74) is 5.31. The molecular formula is C41H44N2O10. The molecule has 0 heterocycles. The maximum absolute atomic E-state index is 14.3. The van der Waals surface area contributed by atoms with Crippen molar-refractivity contribution in [3.8, 4) is 22.6 Å². The number of carbonyl (C=O) groups excluding carboxylic acids is 4. The van der Waals surface area contributed by atoms with Crippen molar-refractivity contribution in [2.75, 3.05) is 27.8 Å². The Morgan fingerprint density at radius 1 is 1.00 bits per heavy atom. The first kappa shape index (κ1) is 37.3. The van der Waals surface area contributed by atoms with Gasteiger partial charge in [-0.2, -0.15) is 0 Å². The zero-order chi connectivity index (χ0) is 38.4. The van der Waals surface area contributed by atoms with Crippen LogP contribution in [0.5, 0.6) is 11.5 Å². The summed E-state index contributed by atoms with van der Waals surface area (Å²) < 4.78 is 11.2. The molecule has 278 valence electrons. The normalized spacial score (nSPS) is 22.9. The Morgan fingerprint density at radius 2 is 1.72 bits per heavy atom. The number of rotatable bonds is 11. The molecule has 1 saturated carbocycles. The number of aliphatic hydroxyl groups is 3. The van der Waals surface area contributed by atoms with Gasteiger partial charge in [0, 0.05) is 17.1 Å². The van der Waals surface area contributed by atoms with E-state index in [4.69, 9.17) is 15.2 Å². The van der Waals surface area contributed by atoms with Crippen LogP contribution in [0.3, 0.4) is 0 Å². The zero-order valence-electron chi connectivity index (χ0n) is 30.1. The van der Waals surface area contributed by atoms with Gasteiger partial charge < -0.3 is 35.6 Å². The second kappa shape index (κ2) is 14.5. The number of hydrogen-bond acceptors (Lipinski definition) is 11. The lowest BCUT2D eigenvalue weighted by Gasteiger charge is -2.50. The quantitative estimate of drug-likeness (QED) is 0.142. The molecule has 1 fully saturated rings. The molecule has 0 saturated heterocycles. The second-order valence-corrected chi connectivity index (χ2v) is 14.2. The molecule has 0 radical (unpaired) electrons. The smallest absolute Gasteiger partial charge is 0.309 e. The van der Waals surface area contributed by atoms with Gasteiger partial charge in [-0.05, 0) is 99.5 Å². The molecule has 0 spiro atoms. The number of hydrogen-bond donors (Lipinski definition) is 5. The predicted molar refractivity (Wildman–Crippen MR) is 195 cm³/mol. The Hall–Kier alpha value is -5.46. The molecule has 3 aliphatic rings. The van der Waals surface area contributed by atoms with Crippen LogP contribution in [0.1, 0.15) is 42.0 Å². The number of nitrogens with two attached hydrogens (primary N) is 1. The third-order valence-corrected chi connectivity index (χ3v) is 10.9. The average Bonchev–Trinajstić information content (AvgIpc) is 3.12. The van der Waals surface area contributed by atoms with E-state index in [1.54, 1.807) is 27.1 Å². The van der Waals surface area contributed by atoms with Crippen LogP contribution in [0.15, 0.2) is 77.6 Å². The molecule has 0 aliphatic heterocycles. The van der Waals surface area contributed by atoms with Crippen molar-refractivity contribution in [2.24, 2.45) is 23.5 Å². The number of esters is 1. The number of Topliss-reactive ketones (excluding diaryl/α,β-unsaturated/α-hetero) is 2. The van der Waals surface area contributed by atoms with Crippen LogP contribution in [-0.4, -0.2) is 88.2 Å². The molecule has 3 aromatic rings. The number of aromatic hydroxyl groups is 1. The number of ether oxygens (including phenoxy) is 2. The van der Waals surface area contributed by atoms with E-state index in [0.29, 0.717) is 41.7 Å². The third kappa shape index (κ3) is 6.35. The highest BCUT2D eigenvalue weighted by atomic mass is 16.5. The van der Waals surface area contributed by atoms with Gasteiger partial charge in [-0.15, -0.1) is 0 Å². The first-order valence-corrected chi connectivity index (χ1v) is 17.6. The van der Waals surface area contributed by atoms with Gasteiger partial charge in [-0.3, -0.25) is 24.1 Å². The van der Waals surface area contributed by atoms with E-state index in [-0.39, 0.29) is 48.2 Å². The van der Waals surface area contributed by atoms with Crippen LogP contribution in [0.4, 0.5) is 0 Å². The van der Waals surface area contributed by atoms with E-state index < -0.39 is 58.0 Å². The highest BCUT2D eigenvalue weighted by Gasteiger charge is 2.64. The van der Waals surface area contributed by atoms with Crippen molar-refractivity contribution in [3.05, 3.63) is 99.8 Å². The SMILES string of the molecule is CCOC(=O)C(CCc1ccc(OC)c(-c2ccc(O)c3c2C[C@@H]2C[C@@H]4[C@@H](N(C)C)C(=O)C(C(N)=O)=C(O)[C@]4(O)C(=O)C2=C3O)c1)Cc1ccccc1. The Bertz CT molecular complexity index is 2050. The second-order valence-electron chi connectivity index (χ2n) is 14.2. The molecule has 6 N–H and O–H groups in total. The number of likely N-dealkylation sites (N-methyl/N-ethyl adjacent to an activating group) is 1. The number of fused-ring (bicyclic) bond motifs is 3. The maximum Gasteiger partial charge on any atom is 0.309 e. The van der Waals surface area contributed by atoms with E-state index in [2.05, 4.69) is 0 Å². The van der Waals surface area contributed by atoms with Crippen molar-refractivity contribution in [3.63, 3.8) is 0 Å². The van der Waals surface area contributed by atoms with Gasteiger partial charge in [0.05, 0.1) is 31.2 Å². The van der Waals surface area contributed by atoms with E-state index in [1.165, 1.54) is 18.1 Å². The van der Waals surface area contributed by atoms with Gasteiger partial charge in [0.25, 0.3) is 5.91 Å². The number of nitrogens with zero attached hydrogens (tertiary/aromatic N) is 1. The van der Waals surface area contributed by atoms with Crippen molar-refractivity contribution >= 4 is 29.2 Å². The molecular weight excluding hydrogens is 680 g/mol. The first-order chi connectivity index (χ1) is 25.2. The van der Waals surface area contributed by atoms with Crippen LogP contribution in [0.25, 0.3) is 16.9 Å². The number of methoxy groups -OCH3 is 1. The van der Waals surface area contributed by atoms with Gasteiger partial charge in [-0.25, -0.2) is 0 Å². The highest BCUT2D eigenvalue weighted by molar-refractivity contribution is 6.24. The number of phenols is 1. The van der Waals surface area contributed by atoms with Crippen molar-refractivity contribution in [2.45, 2.75) is 50.7 Å². The van der Waals surface area contributed by atoms with Gasteiger partial charge >= 0.3 is 5.97 Å². The van der Waals surface area contributed by atoms with Crippen LogP contribution in [0, 0.1) is 17.8 Å². The number of benzene rings is 3. The number of primary amides is 1. The van der Waals surface area contributed by atoms with Crippen LogP contribution >= 0.6 is 0 Å². The number of aryl methyl sites for hydroxylation is 1. The van der Waals surface area contributed by atoms with Crippen molar-refractivity contribution in [1.82, 2.24) is 4.90 Å². The fourth-order valence-corrected chi connectivity index (χ4v) is 8.42. The monoisotopic (exact) mass is 724 g/mol. The lowest BCUT2D eigenvalue weighted by Crippen LogP contribution is -2.65. The van der Waals surface area contributed by atoms with E-state index in [1.807, 2.05) is 48.5 Å². The number of ketones is 2. The Morgan fingerprint density at radius 3 is 2.36 bits per heavy atom. The summed E-state index contributed by atoms with van der Waals surface area (Å²) in [6.45, 7) is 2.05. The lowest BCUT2D eigenvalue weighted by atomic mass is 9.57. The number of amides is 1. The summed E-state index contributed by atoms with van der Waals surface area (Å²) in [6.07, 6.45) is 1.65. The lowest BCUT2D eigenvalue weighted by molar-refractivity contribution is -0.153. The topological polar surface area (TPSA) is 197 Å². The Labute approximate surface area is 307 Å². The number of carbonyl (C=O) groups is 4. The van der Waals surface area contributed by atoms with Gasteiger partial charge in [0.15, 0.2) is 11.4 Å². The minimum Gasteiger partial charge on any atom is -0.508 e.